The predicted molar refractivity (Wildman–Crippen MR) is 159 cm³/mol. The molecule has 1 fully saturated rings. The lowest BCUT2D eigenvalue weighted by atomic mass is 9.89. The third-order valence-corrected chi connectivity index (χ3v) is 7.15. The van der Waals surface area contributed by atoms with Gasteiger partial charge in [0.15, 0.2) is 0 Å². The van der Waals surface area contributed by atoms with Crippen LogP contribution in [0, 0.1) is 0 Å². The fraction of sp³-hybridized carbons (Fsp3) is 0.387. The molecule has 0 bridgehead atoms. The second-order valence-corrected chi connectivity index (χ2v) is 10.5. The van der Waals surface area contributed by atoms with E-state index in [0.717, 1.165) is 40.5 Å². The number of hydrogen-bond acceptors (Lipinski definition) is 6. The van der Waals surface area contributed by atoms with Crippen LogP contribution in [0.1, 0.15) is 49.4 Å². The van der Waals surface area contributed by atoms with Crippen LogP contribution >= 0.6 is 0 Å². The molecule has 5 rings (SSSR count). The average molecular weight is 545 g/mol. The van der Waals surface area contributed by atoms with Crippen molar-refractivity contribution >= 4 is 17.4 Å². The first-order valence-electron chi connectivity index (χ1n) is 13.8. The summed E-state index contributed by atoms with van der Waals surface area (Å²) in [5.74, 6) is 2.90. The van der Waals surface area contributed by atoms with Gasteiger partial charge in [-0.15, -0.1) is 0 Å². The fourth-order valence-electron chi connectivity index (χ4n) is 4.86. The minimum Gasteiger partial charge on any atom is -0.489 e. The number of likely N-dealkylation sites (N-methyl/N-ethyl adjacent to an activating group) is 2. The molecule has 1 aliphatic carbocycles. The second kappa shape index (κ2) is 13.8. The molecule has 212 valence electrons. The zero-order chi connectivity index (χ0) is 28.5. The molecule has 1 saturated carbocycles. The smallest absolute Gasteiger partial charge is 0.407 e. The van der Waals surface area contributed by atoms with Crippen LogP contribution < -0.4 is 10.5 Å². The Morgan fingerprint density at radius 1 is 1.05 bits per heavy atom. The van der Waals surface area contributed by atoms with E-state index >= 15 is 0 Å². The first-order chi connectivity index (χ1) is 19.3. The van der Waals surface area contributed by atoms with Crippen LogP contribution in [-0.4, -0.2) is 69.6 Å². The molecular formula is C31H40N6O3. The highest BCUT2D eigenvalue weighted by Crippen LogP contribution is 2.37. The minimum absolute atomic E-state index is 0.472. The van der Waals surface area contributed by atoms with Gasteiger partial charge < -0.3 is 25.4 Å². The van der Waals surface area contributed by atoms with E-state index in [1.165, 1.54) is 37.0 Å². The third kappa shape index (κ3) is 7.51. The Kier molecular flexibility index (Phi) is 9.96. The van der Waals surface area contributed by atoms with Crippen molar-refractivity contribution in [2.24, 2.45) is 0 Å². The maximum absolute atomic E-state index is 10.2. The van der Waals surface area contributed by atoms with Crippen LogP contribution in [0.4, 0.5) is 10.6 Å². The summed E-state index contributed by atoms with van der Waals surface area (Å²) in [5.41, 5.74) is 10.2. The Morgan fingerprint density at radius 3 is 2.50 bits per heavy atom. The molecule has 0 unspecified atom stereocenters. The average Bonchev–Trinajstić information content (AvgIpc) is 3.37. The van der Waals surface area contributed by atoms with E-state index in [0.29, 0.717) is 24.9 Å². The molecule has 0 saturated heterocycles. The molecule has 2 aromatic carbocycles. The topological polar surface area (TPSA) is 109 Å². The van der Waals surface area contributed by atoms with Crippen LogP contribution in [0.2, 0.25) is 0 Å². The van der Waals surface area contributed by atoms with Crippen molar-refractivity contribution in [1.82, 2.24) is 24.2 Å². The summed E-state index contributed by atoms with van der Waals surface area (Å²) >= 11 is 0. The van der Waals surface area contributed by atoms with Crippen molar-refractivity contribution in [3.8, 4) is 17.0 Å². The van der Waals surface area contributed by atoms with E-state index in [-0.39, 0.29) is 0 Å². The zero-order valence-electron chi connectivity index (χ0n) is 23.7. The summed E-state index contributed by atoms with van der Waals surface area (Å²) in [7, 11) is 5.39. The molecule has 1 aliphatic rings. The number of nitrogens with two attached hydrogens (primary N) is 1. The number of aromatic nitrogens is 3. The standard InChI is InChI=1S/C25H26N4O.C6H14N2O2/c26-24-23-22(28-25(29(23)15-14-27-24)19-10-5-2-6-11-19)20-12-7-13-21(16-20)30-17-18-8-3-1-4-9-18;1-7(2)4-5-8(3)6(9)10/h1,3-4,7-9,12-16,19H,2,5-6,10-11,17H2,(H2,26,27);4-5H2,1-3H3,(H,9,10). The van der Waals surface area contributed by atoms with Gasteiger partial charge in [-0.05, 0) is 44.6 Å². The molecular weight excluding hydrogens is 504 g/mol. The maximum Gasteiger partial charge on any atom is 0.407 e. The molecule has 0 atom stereocenters. The Labute approximate surface area is 236 Å². The van der Waals surface area contributed by atoms with Gasteiger partial charge in [-0.3, -0.25) is 4.40 Å². The number of nitrogens with zero attached hydrogens (tertiary/aromatic N) is 5. The van der Waals surface area contributed by atoms with E-state index in [1.54, 1.807) is 13.2 Å². The van der Waals surface area contributed by atoms with Gasteiger partial charge >= 0.3 is 6.09 Å². The monoisotopic (exact) mass is 544 g/mol. The quantitative estimate of drug-likeness (QED) is 0.290. The van der Waals surface area contributed by atoms with Gasteiger partial charge in [0.2, 0.25) is 0 Å². The highest BCUT2D eigenvalue weighted by atomic mass is 16.5. The van der Waals surface area contributed by atoms with E-state index in [1.807, 2.05) is 61.6 Å². The van der Waals surface area contributed by atoms with Crippen molar-refractivity contribution in [3.05, 3.63) is 78.4 Å². The lowest BCUT2D eigenvalue weighted by Gasteiger charge is -2.20. The largest absolute Gasteiger partial charge is 0.489 e. The van der Waals surface area contributed by atoms with Crippen LogP contribution in [0.25, 0.3) is 16.8 Å². The van der Waals surface area contributed by atoms with Crippen LogP contribution in [-0.2, 0) is 6.61 Å². The predicted octanol–water partition coefficient (Wildman–Crippen LogP) is 5.76. The number of ether oxygens (including phenoxy) is 1. The number of benzene rings is 2. The number of carbonyl (C=O) groups is 1. The Hall–Kier alpha value is -4.11. The molecule has 0 spiro atoms. The fourth-order valence-corrected chi connectivity index (χ4v) is 4.86. The number of carboxylic acid groups (broad SMARTS) is 1. The van der Waals surface area contributed by atoms with Crippen molar-refractivity contribution < 1.29 is 14.6 Å². The molecule has 4 aromatic rings. The molecule has 0 radical (unpaired) electrons. The van der Waals surface area contributed by atoms with E-state index in [9.17, 15) is 4.79 Å². The van der Waals surface area contributed by atoms with E-state index in [4.69, 9.17) is 20.6 Å². The Balaban J connectivity index is 0.000000318. The van der Waals surface area contributed by atoms with Gasteiger partial charge in [0.25, 0.3) is 0 Å². The number of fused-ring (bicyclic) bond motifs is 1. The Morgan fingerprint density at radius 2 is 1.80 bits per heavy atom. The maximum atomic E-state index is 10.2. The highest BCUT2D eigenvalue weighted by Gasteiger charge is 2.24. The molecule has 2 aromatic heterocycles. The molecule has 0 aliphatic heterocycles. The second-order valence-electron chi connectivity index (χ2n) is 10.5. The Bertz CT molecular complexity index is 1380. The molecule has 2 heterocycles. The number of hydrogen-bond donors (Lipinski definition) is 2. The summed E-state index contributed by atoms with van der Waals surface area (Å²) < 4.78 is 8.18. The lowest BCUT2D eigenvalue weighted by Crippen LogP contribution is -2.32. The SMILES string of the molecule is CN(C)CCN(C)C(=O)O.Nc1nccn2c(C3CCCCC3)nc(-c3cccc(OCc4ccccc4)c3)c12. The van der Waals surface area contributed by atoms with Crippen LogP contribution in [0.15, 0.2) is 67.0 Å². The number of nitrogen functional groups attached to an aromatic ring is 1. The number of amides is 1. The summed E-state index contributed by atoms with van der Waals surface area (Å²) in [6.07, 6.45) is 9.08. The van der Waals surface area contributed by atoms with Gasteiger partial charge in [-0.25, -0.2) is 14.8 Å². The van der Waals surface area contributed by atoms with Crippen molar-refractivity contribution in [1.29, 1.82) is 0 Å². The van der Waals surface area contributed by atoms with Gasteiger partial charge in [-0.2, -0.15) is 0 Å². The normalized spacial score (nSPS) is 13.6. The van der Waals surface area contributed by atoms with Gasteiger partial charge in [0, 0.05) is 44.0 Å². The highest BCUT2D eigenvalue weighted by molar-refractivity contribution is 5.85. The van der Waals surface area contributed by atoms with E-state index in [2.05, 4.69) is 27.6 Å². The van der Waals surface area contributed by atoms with Gasteiger partial charge in [-0.1, -0.05) is 61.7 Å². The molecule has 9 nitrogen and oxygen atoms in total. The summed E-state index contributed by atoms with van der Waals surface area (Å²) in [5, 5.41) is 8.40. The molecule has 3 N–H and O–H groups in total. The van der Waals surface area contributed by atoms with Gasteiger partial charge in [0.1, 0.15) is 35.2 Å². The first-order valence-corrected chi connectivity index (χ1v) is 13.8. The molecule has 1 amide bonds. The van der Waals surface area contributed by atoms with Gasteiger partial charge in [0.05, 0.1) is 0 Å². The molecule has 9 heteroatoms. The number of imidazole rings is 1. The number of rotatable bonds is 8. The number of anilines is 1. The lowest BCUT2D eigenvalue weighted by molar-refractivity contribution is 0.152. The van der Waals surface area contributed by atoms with Crippen molar-refractivity contribution in [3.63, 3.8) is 0 Å². The van der Waals surface area contributed by atoms with Crippen LogP contribution in [0.5, 0.6) is 5.75 Å². The summed E-state index contributed by atoms with van der Waals surface area (Å²) in [6, 6.07) is 18.3. The van der Waals surface area contributed by atoms with Crippen molar-refractivity contribution in [2.45, 2.75) is 44.6 Å². The molecule has 40 heavy (non-hydrogen) atoms. The summed E-state index contributed by atoms with van der Waals surface area (Å²) in [6.45, 7) is 1.86. The zero-order valence-corrected chi connectivity index (χ0v) is 23.7. The van der Waals surface area contributed by atoms with E-state index < -0.39 is 6.09 Å². The third-order valence-electron chi connectivity index (χ3n) is 7.15. The van der Waals surface area contributed by atoms with Crippen molar-refractivity contribution in [2.75, 3.05) is 40.0 Å². The first kappa shape index (κ1) is 28.9. The minimum atomic E-state index is -0.873. The van der Waals surface area contributed by atoms with Crippen LogP contribution in [0.3, 0.4) is 0 Å². The summed E-state index contributed by atoms with van der Waals surface area (Å²) in [4.78, 5) is 22.9.